The van der Waals surface area contributed by atoms with E-state index in [-0.39, 0.29) is 5.91 Å². The number of hydrogen-bond acceptors (Lipinski definition) is 4. The zero-order valence-electron chi connectivity index (χ0n) is 12.6. The SMILES string of the molecule is COc1cc(C(=O)NCc2cccnc2)n(-c2ccccc2)n1. The van der Waals surface area contributed by atoms with E-state index in [1.807, 2.05) is 42.5 Å². The molecule has 0 spiro atoms. The molecule has 3 aromatic rings. The molecular formula is C17H16N4O2. The lowest BCUT2D eigenvalue weighted by molar-refractivity contribution is 0.0943. The molecule has 0 fully saturated rings. The largest absolute Gasteiger partial charge is 0.480 e. The second-order valence-corrected chi connectivity index (χ2v) is 4.86. The van der Waals surface area contributed by atoms with Crippen molar-refractivity contribution in [1.29, 1.82) is 0 Å². The summed E-state index contributed by atoms with van der Waals surface area (Å²) in [6.45, 7) is 0.398. The van der Waals surface area contributed by atoms with Crippen LogP contribution in [0.25, 0.3) is 5.69 Å². The maximum absolute atomic E-state index is 12.5. The van der Waals surface area contributed by atoms with Crippen LogP contribution in [0, 0.1) is 0 Å². The first-order chi connectivity index (χ1) is 11.3. The molecule has 0 atom stereocenters. The number of carbonyl (C=O) groups is 1. The van der Waals surface area contributed by atoms with Gasteiger partial charge in [-0.3, -0.25) is 9.78 Å². The van der Waals surface area contributed by atoms with Crippen LogP contribution in [-0.4, -0.2) is 27.8 Å². The van der Waals surface area contributed by atoms with Gasteiger partial charge >= 0.3 is 0 Å². The molecule has 0 radical (unpaired) electrons. The highest BCUT2D eigenvalue weighted by Crippen LogP contribution is 2.17. The Balaban J connectivity index is 1.84. The molecule has 3 rings (SSSR count). The van der Waals surface area contributed by atoms with Crippen LogP contribution in [0.3, 0.4) is 0 Å². The van der Waals surface area contributed by atoms with Gasteiger partial charge in [0.05, 0.1) is 12.8 Å². The van der Waals surface area contributed by atoms with E-state index in [0.29, 0.717) is 18.1 Å². The van der Waals surface area contributed by atoms with Gasteiger partial charge in [0.15, 0.2) is 0 Å². The Kier molecular flexibility index (Phi) is 4.33. The summed E-state index contributed by atoms with van der Waals surface area (Å²) >= 11 is 0. The topological polar surface area (TPSA) is 69.0 Å². The van der Waals surface area contributed by atoms with Gasteiger partial charge in [0, 0.05) is 25.0 Å². The number of methoxy groups -OCH3 is 1. The molecule has 0 aliphatic rings. The lowest BCUT2D eigenvalue weighted by Gasteiger charge is -2.08. The number of amides is 1. The predicted molar refractivity (Wildman–Crippen MR) is 85.5 cm³/mol. The fourth-order valence-corrected chi connectivity index (χ4v) is 2.16. The molecule has 0 aliphatic heterocycles. The smallest absolute Gasteiger partial charge is 0.270 e. The zero-order chi connectivity index (χ0) is 16.1. The number of benzene rings is 1. The highest BCUT2D eigenvalue weighted by atomic mass is 16.5. The van der Waals surface area contributed by atoms with Gasteiger partial charge in [-0.15, -0.1) is 5.10 Å². The van der Waals surface area contributed by atoms with Crippen LogP contribution < -0.4 is 10.1 Å². The molecule has 1 aromatic carbocycles. The second-order valence-electron chi connectivity index (χ2n) is 4.86. The fourth-order valence-electron chi connectivity index (χ4n) is 2.16. The molecule has 116 valence electrons. The molecule has 0 saturated heterocycles. The maximum Gasteiger partial charge on any atom is 0.270 e. The van der Waals surface area contributed by atoms with Crippen LogP contribution in [0.15, 0.2) is 60.9 Å². The summed E-state index contributed by atoms with van der Waals surface area (Å²) in [6.07, 6.45) is 3.41. The fraction of sp³-hybridized carbons (Fsp3) is 0.118. The molecule has 0 aliphatic carbocycles. The monoisotopic (exact) mass is 308 g/mol. The van der Waals surface area contributed by atoms with E-state index in [4.69, 9.17) is 4.74 Å². The summed E-state index contributed by atoms with van der Waals surface area (Å²) in [4.78, 5) is 16.5. The van der Waals surface area contributed by atoms with E-state index in [9.17, 15) is 4.79 Å². The molecule has 2 heterocycles. The average Bonchev–Trinajstić information content (AvgIpc) is 3.06. The maximum atomic E-state index is 12.5. The Hall–Kier alpha value is -3.15. The third-order valence-electron chi connectivity index (χ3n) is 3.31. The first-order valence-corrected chi connectivity index (χ1v) is 7.14. The second kappa shape index (κ2) is 6.74. The van der Waals surface area contributed by atoms with E-state index in [2.05, 4.69) is 15.4 Å². The van der Waals surface area contributed by atoms with E-state index in [1.54, 1.807) is 23.1 Å². The summed E-state index contributed by atoms with van der Waals surface area (Å²) in [6, 6.07) is 14.8. The van der Waals surface area contributed by atoms with Crippen molar-refractivity contribution in [2.75, 3.05) is 7.11 Å². The minimum atomic E-state index is -0.228. The number of aromatic nitrogens is 3. The van der Waals surface area contributed by atoms with Gasteiger partial charge in [0.25, 0.3) is 5.91 Å². The number of pyridine rings is 1. The molecular weight excluding hydrogens is 292 g/mol. The first-order valence-electron chi connectivity index (χ1n) is 7.14. The van der Waals surface area contributed by atoms with E-state index >= 15 is 0 Å². The molecule has 0 unspecified atom stereocenters. The molecule has 1 N–H and O–H groups in total. The Morgan fingerprint density at radius 1 is 1.22 bits per heavy atom. The lowest BCUT2D eigenvalue weighted by atomic mass is 10.2. The quantitative estimate of drug-likeness (QED) is 0.784. The summed E-state index contributed by atoms with van der Waals surface area (Å²) in [5.41, 5.74) is 2.14. The molecule has 6 heteroatoms. The summed E-state index contributed by atoms with van der Waals surface area (Å²) in [5.74, 6) is 0.161. The molecule has 0 saturated carbocycles. The number of ether oxygens (including phenoxy) is 1. The third-order valence-corrected chi connectivity index (χ3v) is 3.31. The summed E-state index contributed by atoms with van der Waals surface area (Å²) in [5, 5.41) is 7.16. The van der Waals surface area contributed by atoms with E-state index in [0.717, 1.165) is 11.3 Å². The normalized spacial score (nSPS) is 10.3. The predicted octanol–water partition coefficient (Wildman–Crippen LogP) is 2.21. The van der Waals surface area contributed by atoms with Crippen molar-refractivity contribution >= 4 is 5.91 Å². The van der Waals surface area contributed by atoms with E-state index in [1.165, 1.54) is 7.11 Å². The highest BCUT2D eigenvalue weighted by Gasteiger charge is 2.16. The van der Waals surface area contributed by atoms with Crippen molar-refractivity contribution in [3.63, 3.8) is 0 Å². The van der Waals surface area contributed by atoms with Crippen molar-refractivity contribution < 1.29 is 9.53 Å². The van der Waals surface area contributed by atoms with Crippen molar-refractivity contribution in [3.05, 3.63) is 72.2 Å². The number of hydrogen-bond donors (Lipinski definition) is 1. The molecule has 23 heavy (non-hydrogen) atoms. The van der Waals surface area contributed by atoms with Crippen LogP contribution in [0.2, 0.25) is 0 Å². The Labute approximate surface area is 133 Å². The minimum Gasteiger partial charge on any atom is -0.480 e. The van der Waals surface area contributed by atoms with Gasteiger partial charge in [0.2, 0.25) is 5.88 Å². The summed E-state index contributed by atoms with van der Waals surface area (Å²) < 4.78 is 6.71. The van der Waals surface area contributed by atoms with Crippen molar-refractivity contribution in [2.24, 2.45) is 0 Å². The third kappa shape index (κ3) is 3.37. The van der Waals surface area contributed by atoms with Gasteiger partial charge in [-0.1, -0.05) is 24.3 Å². The number of para-hydroxylation sites is 1. The van der Waals surface area contributed by atoms with Crippen LogP contribution in [0.5, 0.6) is 5.88 Å². The number of carbonyl (C=O) groups excluding carboxylic acids is 1. The molecule has 2 aromatic heterocycles. The standard InChI is InChI=1S/C17H16N4O2/c1-23-16-10-15(21(20-16)14-7-3-2-4-8-14)17(22)19-12-13-6-5-9-18-11-13/h2-11H,12H2,1H3,(H,19,22). The average molecular weight is 308 g/mol. The summed E-state index contributed by atoms with van der Waals surface area (Å²) in [7, 11) is 1.52. The van der Waals surface area contributed by atoms with Crippen LogP contribution in [0.1, 0.15) is 16.1 Å². The Bertz CT molecular complexity index is 785. The molecule has 6 nitrogen and oxygen atoms in total. The van der Waals surface area contributed by atoms with E-state index < -0.39 is 0 Å². The minimum absolute atomic E-state index is 0.228. The Morgan fingerprint density at radius 2 is 2.04 bits per heavy atom. The van der Waals surface area contributed by atoms with Crippen LogP contribution in [-0.2, 0) is 6.54 Å². The number of rotatable bonds is 5. The van der Waals surface area contributed by atoms with Crippen molar-refractivity contribution in [2.45, 2.75) is 6.54 Å². The lowest BCUT2D eigenvalue weighted by Crippen LogP contribution is -2.25. The number of nitrogens with zero attached hydrogens (tertiary/aromatic N) is 3. The van der Waals surface area contributed by atoms with Crippen molar-refractivity contribution in [1.82, 2.24) is 20.1 Å². The highest BCUT2D eigenvalue weighted by molar-refractivity contribution is 5.93. The van der Waals surface area contributed by atoms with Crippen molar-refractivity contribution in [3.8, 4) is 11.6 Å². The number of nitrogens with one attached hydrogen (secondary N) is 1. The molecule has 1 amide bonds. The molecule has 0 bridgehead atoms. The van der Waals surface area contributed by atoms with Gasteiger partial charge in [-0.2, -0.15) is 0 Å². The van der Waals surface area contributed by atoms with Gasteiger partial charge < -0.3 is 10.1 Å². The van der Waals surface area contributed by atoms with Gasteiger partial charge in [-0.05, 0) is 23.8 Å². The van der Waals surface area contributed by atoms with Crippen LogP contribution >= 0.6 is 0 Å². The zero-order valence-corrected chi connectivity index (χ0v) is 12.6. The van der Waals surface area contributed by atoms with Gasteiger partial charge in [-0.25, -0.2) is 4.68 Å². The first kappa shape index (κ1) is 14.8. The van der Waals surface area contributed by atoms with Crippen LogP contribution in [0.4, 0.5) is 0 Å². The van der Waals surface area contributed by atoms with Gasteiger partial charge in [0.1, 0.15) is 5.69 Å². The Morgan fingerprint density at radius 3 is 2.74 bits per heavy atom.